The second kappa shape index (κ2) is 7.87. The van der Waals surface area contributed by atoms with Gasteiger partial charge in [-0.3, -0.25) is 29.4 Å². The first kappa shape index (κ1) is 19.0. The molecule has 0 saturated carbocycles. The van der Waals surface area contributed by atoms with Crippen molar-refractivity contribution in [2.45, 2.75) is 25.7 Å². The van der Waals surface area contributed by atoms with Crippen LogP contribution in [0.25, 0.3) is 0 Å². The summed E-state index contributed by atoms with van der Waals surface area (Å²) in [5.74, 6) is -1.29. The number of anilines is 1. The fourth-order valence-electron chi connectivity index (χ4n) is 3.42. The molecule has 2 aliphatic rings. The number of hydrogen-bond donors (Lipinski definition) is 1. The lowest BCUT2D eigenvalue weighted by atomic mass is 9.85. The molecule has 1 aliphatic heterocycles. The van der Waals surface area contributed by atoms with Gasteiger partial charge in [-0.2, -0.15) is 0 Å². The van der Waals surface area contributed by atoms with Crippen molar-refractivity contribution in [1.29, 1.82) is 0 Å². The van der Waals surface area contributed by atoms with Crippen molar-refractivity contribution >= 4 is 40.7 Å². The molecule has 1 aromatic carbocycles. The number of rotatable bonds is 6. The first-order valence-electron chi connectivity index (χ1n) is 8.62. The second-order valence-electron chi connectivity index (χ2n) is 6.56. The van der Waals surface area contributed by atoms with Crippen molar-refractivity contribution in [3.8, 4) is 0 Å². The highest BCUT2D eigenvalue weighted by atomic mass is 35.5. The molecule has 27 heavy (non-hydrogen) atoms. The van der Waals surface area contributed by atoms with E-state index < -0.39 is 10.8 Å². The lowest BCUT2D eigenvalue weighted by Gasteiger charge is -2.14. The van der Waals surface area contributed by atoms with Crippen LogP contribution < -0.4 is 5.32 Å². The minimum absolute atomic E-state index is 0.0592. The summed E-state index contributed by atoms with van der Waals surface area (Å²) in [4.78, 5) is 48.3. The maximum Gasteiger partial charge on any atom is 0.271 e. The summed E-state index contributed by atoms with van der Waals surface area (Å²) in [7, 11) is 0. The fraction of sp³-hybridized carbons (Fsp3) is 0.389. The Morgan fingerprint density at radius 2 is 1.85 bits per heavy atom. The number of nitro benzene ring substituents is 1. The Hall–Kier alpha value is -2.74. The van der Waals surface area contributed by atoms with Crippen LogP contribution in [0.2, 0.25) is 5.02 Å². The highest BCUT2D eigenvalue weighted by Gasteiger charge is 2.46. The Labute approximate surface area is 160 Å². The normalized spacial score (nSPS) is 21.3. The zero-order valence-corrected chi connectivity index (χ0v) is 15.1. The van der Waals surface area contributed by atoms with Gasteiger partial charge < -0.3 is 5.32 Å². The molecule has 3 amide bonds. The van der Waals surface area contributed by atoms with Crippen molar-refractivity contribution in [3.05, 3.63) is 45.5 Å². The van der Waals surface area contributed by atoms with Crippen LogP contribution in [-0.4, -0.2) is 34.1 Å². The van der Waals surface area contributed by atoms with Gasteiger partial charge in [-0.15, -0.1) is 0 Å². The van der Waals surface area contributed by atoms with Crippen LogP contribution in [0.15, 0.2) is 30.4 Å². The van der Waals surface area contributed by atoms with E-state index in [1.165, 1.54) is 23.1 Å². The number of imide groups is 1. The lowest BCUT2D eigenvalue weighted by molar-refractivity contribution is -0.384. The first-order chi connectivity index (χ1) is 12.9. The van der Waals surface area contributed by atoms with Gasteiger partial charge in [0, 0.05) is 25.1 Å². The van der Waals surface area contributed by atoms with Gasteiger partial charge in [0.2, 0.25) is 17.7 Å². The molecule has 1 aliphatic carbocycles. The van der Waals surface area contributed by atoms with Gasteiger partial charge in [-0.1, -0.05) is 23.8 Å². The van der Waals surface area contributed by atoms with Gasteiger partial charge in [-0.05, 0) is 25.3 Å². The molecule has 0 unspecified atom stereocenters. The van der Waals surface area contributed by atoms with Gasteiger partial charge in [-0.25, -0.2) is 0 Å². The number of halogens is 1. The molecule has 2 atom stereocenters. The number of carbonyl (C=O) groups is 3. The van der Waals surface area contributed by atoms with Crippen LogP contribution in [0.5, 0.6) is 0 Å². The maximum absolute atomic E-state index is 12.4. The standard InChI is InChI=1S/C18H18ClN3O5/c19-14-8-7-11(22(26)27)10-15(14)20-16(23)6-3-9-21-17(24)12-4-1-2-5-13(12)18(21)25/h1-2,7-8,10,12-13H,3-6,9H2,(H,20,23)/t12-,13+. The number of allylic oxidation sites excluding steroid dienone is 2. The van der Waals surface area contributed by atoms with Gasteiger partial charge in [0.15, 0.2) is 0 Å². The number of nitro groups is 1. The van der Waals surface area contributed by atoms with E-state index in [0.717, 1.165) is 0 Å². The quantitative estimate of drug-likeness (QED) is 0.347. The number of amides is 3. The maximum atomic E-state index is 12.4. The molecule has 1 aromatic rings. The number of nitrogens with one attached hydrogen (secondary N) is 1. The van der Waals surface area contributed by atoms with E-state index in [1.807, 2.05) is 12.2 Å². The van der Waals surface area contributed by atoms with Gasteiger partial charge >= 0.3 is 0 Å². The smallest absolute Gasteiger partial charge is 0.271 e. The number of nitrogens with zero attached hydrogens (tertiary/aromatic N) is 2. The fourth-order valence-corrected chi connectivity index (χ4v) is 3.59. The third-order valence-corrected chi connectivity index (χ3v) is 5.15. The van der Waals surface area contributed by atoms with Crippen molar-refractivity contribution in [2.24, 2.45) is 11.8 Å². The molecule has 142 valence electrons. The summed E-state index contributed by atoms with van der Waals surface area (Å²) in [6.07, 6.45) is 5.37. The first-order valence-corrected chi connectivity index (χ1v) is 9.00. The van der Waals surface area contributed by atoms with E-state index >= 15 is 0 Å². The van der Waals surface area contributed by atoms with E-state index in [2.05, 4.69) is 5.32 Å². The summed E-state index contributed by atoms with van der Waals surface area (Å²) in [5, 5.41) is 13.5. The van der Waals surface area contributed by atoms with Crippen LogP contribution in [0.4, 0.5) is 11.4 Å². The van der Waals surface area contributed by atoms with E-state index in [4.69, 9.17) is 11.6 Å². The molecule has 0 spiro atoms. The van der Waals surface area contributed by atoms with E-state index in [-0.39, 0.29) is 53.0 Å². The molecular formula is C18H18ClN3O5. The van der Waals surface area contributed by atoms with Crippen molar-refractivity contribution < 1.29 is 19.3 Å². The van der Waals surface area contributed by atoms with Crippen LogP contribution in [0, 0.1) is 22.0 Å². The molecule has 1 heterocycles. The Morgan fingerprint density at radius 1 is 1.22 bits per heavy atom. The molecule has 0 bridgehead atoms. The van der Waals surface area contributed by atoms with E-state index in [0.29, 0.717) is 19.3 Å². The van der Waals surface area contributed by atoms with Gasteiger partial charge in [0.25, 0.3) is 5.69 Å². The Morgan fingerprint density at radius 3 is 2.44 bits per heavy atom. The molecule has 0 aromatic heterocycles. The molecule has 1 fully saturated rings. The summed E-state index contributed by atoms with van der Waals surface area (Å²) in [6, 6.07) is 3.77. The molecule has 3 rings (SSSR count). The predicted molar refractivity (Wildman–Crippen MR) is 98.0 cm³/mol. The number of carbonyl (C=O) groups excluding carboxylic acids is 3. The molecule has 1 saturated heterocycles. The largest absolute Gasteiger partial charge is 0.325 e. The summed E-state index contributed by atoms with van der Waals surface area (Å²) in [6.45, 7) is 0.181. The summed E-state index contributed by atoms with van der Waals surface area (Å²) < 4.78 is 0. The van der Waals surface area contributed by atoms with E-state index in [1.54, 1.807) is 0 Å². The molecule has 8 nitrogen and oxygen atoms in total. The minimum Gasteiger partial charge on any atom is -0.325 e. The SMILES string of the molecule is O=C(CCCN1C(=O)[C@H]2CC=CC[C@H]2C1=O)Nc1cc([N+](=O)[O-])ccc1Cl. The van der Waals surface area contributed by atoms with Gasteiger partial charge in [0.05, 0.1) is 27.5 Å². The molecule has 1 N–H and O–H groups in total. The topological polar surface area (TPSA) is 110 Å². The van der Waals surface area contributed by atoms with Crippen molar-refractivity contribution in [1.82, 2.24) is 4.90 Å². The van der Waals surface area contributed by atoms with Gasteiger partial charge in [0.1, 0.15) is 0 Å². The number of hydrogen-bond acceptors (Lipinski definition) is 5. The Balaban J connectivity index is 1.53. The molecule has 9 heteroatoms. The predicted octanol–water partition coefficient (Wildman–Crippen LogP) is 2.92. The minimum atomic E-state index is -0.578. The second-order valence-corrected chi connectivity index (χ2v) is 6.96. The van der Waals surface area contributed by atoms with Crippen LogP contribution in [-0.2, 0) is 14.4 Å². The number of fused-ring (bicyclic) bond motifs is 1. The zero-order valence-electron chi connectivity index (χ0n) is 14.4. The average Bonchev–Trinajstić information content (AvgIpc) is 2.88. The van der Waals surface area contributed by atoms with E-state index in [9.17, 15) is 24.5 Å². The third-order valence-electron chi connectivity index (χ3n) is 4.82. The third kappa shape index (κ3) is 4.00. The number of likely N-dealkylation sites (tertiary alicyclic amines) is 1. The highest BCUT2D eigenvalue weighted by Crippen LogP contribution is 2.35. The number of benzene rings is 1. The average molecular weight is 392 g/mol. The molecule has 0 radical (unpaired) electrons. The Bertz CT molecular complexity index is 812. The lowest BCUT2D eigenvalue weighted by Crippen LogP contribution is -2.32. The van der Waals surface area contributed by atoms with Crippen molar-refractivity contribution in [3.63, 3.8) is 0 Å². The zero-order chi connectivity index (χ0) is 19.6. The van der Waals surface area contributed by atoms with Crippen LogP contribution >= 0.6 is 11.6 Å². The summed E-state index contributed by atoms with van der Waals surface area (Å²) >= 11 is 5.95. The highest BCUT2D eigenvalue weighted by molar-refractivity contribution is 6.33. The van der Waals surface area contributed by atoms with Crippen LogP contribution in [0.3, 0.4) is 0 Å². The number of non-ortho nitro benzene ring substituents is 1. The summed E-state index contributed by atoms with van der Waals surface area (Å²) in [5.41, 5.74) is -0.0274. The molecular weight excluding hydrogens is 374 g/mol. The van der Waals surface area contributed by atoms with Crippen LogP contribution in [0.1, 0.15) is 25.7 Å². The Kier molecular flexibility index (Phi) is 5.55. The van der Waals surface area contributed by atoms with Crippen molar-refractivity contribution in [2.75, 3.05) is 11.9 Å². The monoisotopic (exact) mass is 391 g/mol.